The topological polar surface area (TPSA) is 14.0 Å². The minimum atomic E-state index is 0. The second kappa shape index (κ2) is 14.0. The molecule has 1 nitrogen and oxygen atoms in total. The fraction of sp³-hybridized carbons (Fsp3) is 0.762. The van der Waals surface area contributed by atoms with Gasteiger partial charge in [-0.25, -0.2) is 0 Å². The van der Waals surface area contributed by atoms with Crippen molar-refractivity contribution < 1.29 is 22.0 Å². The zero-order valence-electron chi connectivity index (χ0n) is 15.6. The zero-order valence-corrected chi connectivity index (χ0v) is 17.2. The number of allylic oxidation sites excluding steroid dienone is 4. The molecule has 0 saturated heterocycles. The lowest BCUT2D eigenvalue weighted by Crippen LogP contribution is -3.00. The number of hydrogen-bond acceptors (Lipinski definition) is 0. The average molecular weight is 384 g/mol. The first kappa shape index (κ1) is 22.6. The van der Waals surface area contributed by atoms with E-state index in [2.05, 4.69) is 56.3 Å². The molecule has 23 heavy (non-hydrogen) atoms. The van der Waals surface area contributed by atoms with Crippen molar-refractivity contribution in [3.63, 3.8) is 0 Å². The molecule has 0 spiro atoms. The fourth-order valence-corrected chi connectivity index (χ4v) is 3.04. The van der Waals surface area contributed by atoms with Gasteiger partial charge in [-0.15, -0.1) is 0 Å². The van der Waals surface area contributed by atoms with Crippen LogP contribution >= 0.6 is 0 Å². The predicted octanol–water partition coefficient (Wildman–Crippen LogP) is 1.83. The van der Waals surface area contributed by atoms with Gasteiger partial charge in [0.1, 0.15) is 12.8 Å². The summed E-state index contributed by atoms with van der Waals surface area (Å²) in [6, 6.07) is 0. The number of nitrogens with one attached hydrogen (secondary N) is 1. The molecule has 134 valence electrons. The van der Waals surface area contributed by atoms with Crippen molar-refractivity contribution in [3.05, 3.63) is 24.3 Å². The Morgan fingerprint density at radius 2 is 1.48 bits per heavy atom. The minimum absolute atomic E-state index is 0. The maximum Gasteiger partial charge on any atom is 0.148 e. The molecule has 0 aromatic rings. The van der Waals surface area contributed by atoms with Crippen LogP contribution in [-0.2, 0) is 0 Å². The van der Waals surface area contributed by atoms with Crippen molar-refractivity contribution in [2.45, 2.75) is 85.0 Å². The fourth-order valence-electron chi connectivity index (χ4n) is 3.04. The van der Waals surface area contributed by atoms with Crippen LogP contribution in [-0.4, -0.2) is 12.8 Å². The summed E-state index contributed by atoms with van der Waals surface area (Å²) in [5.41, 5.74) is 0.174. The molecule has 2 atom stereocenters. The van der Waals surface area contributed by atoms with Crippen LogP contribution in [0.2, 0.25) is 0 Å². The molecule has 2 heteroatoms. The first-order valence-electron chi connectivity index (χ1n) is 9.63. The summed E-state index contributed by atoms with van der Waals surface area (Å²) in [4.78, 5) is 3.54. The van der Waals surface area contributed by atoms with Crippen LogP contribution in [0.1, 0.15) is 85.0 Å². The molecular formula is C21H38BrN. The normalized spacial score (nSPS) is 23.3. The summed E-state index contributed by atoms with van der Waals surface area (Å²) in [5.74, 6) is 0.581. The maximum atomic E-state index is 3.54. The van der Waals surface area contributed by atoms with Crippen LogP contribution in [0.15, 0.2) is 24.3 Å². The van der Waals surface area contributed by atoms with Gasteiger partial charge in [0.15, 0.2) is 0 Å². The van der Waals surface area contributed by atoms with Gasteiger partial charge in [0.2, 0.25) is 0 Å². The van der Waals surface area contributed by atoms with Gasteiger partial charge in [0.05, 0.1) is 5.41 Å². The second-order valence-electron chi connectivity index (χ2n) is 7.18. The standard InChI is InChI=1S/C21H37N.BrH/c1-4-5-6-7-8-9-10-11-12-15-18-22-19-21(3)17-14-13-16-20(21)2;/h13-14,16-17,19-20H,4-12,15,18H2,1-3H3;1H. The van der Waals surface area contributed by atoms with E-state index in [-0.39, 0.29) is 22.4 Å². The Hall–Kier alpha value is -0.370. The van der Waals surface area contributed by atoms with Crippen LogP contribution < -0.4 is 22.0 Å². The number of halogens is 1. The molecule has 0 heterocycles. The van der Waals surface area contributed by atoms with E-state index in [1.54, 1.807) is 0 Å². The Bertz CT molecular complexity index is 359. The molecule has 1 aliphatic carbocycles. The molecule has 1 aliphatic rings. The molecular weight excluding hydrogens is 346 g/mol. The van der Waals surface area contributed by atoms with E-state index in [1.165, 1.54) is 64.2 Å². The van der Waals surface area contributed by atoms with Gasteiger partial charge in [-0.2, -0.15) is 0 Å². The molecule has 0 saturated carbocycles. The van der Waals surface area contributed by atoms with E-state index in [9.17, 15) is 0 Å². The highest BCUT2D eigenvalue weighted by Crippen LogP contribution is 2.29. The van der Waals surface area contributed by atoms with Crippen molar-refractivity contribution in [3.8, 4) is 0 Å². The second-order valence-corrected chi connectivity index (χ2v) is 7.18. The van der Waals surface area contributed by atoms with Crippen LogP contribution in [0, 0.1) is 11.3 Å². The molecule has 1 rings (SSSR count). The van der Waals surface area contributed by atoms with Crippen molar-refractivity contribution in [1.29, 1.82) is 0 Å². The van der Waals surface area contributed by atoms with Gasteiger partial charge in [-0.1, -0.05) is 89.5 Å². The summed E-state index contributed by atoms with van der Waals surface area (Å²) in [6.45, 7) is 8.01. The lowest BCUT2D eigenvalue weighted by molar-refractivity contribution is -0.456. The predicted molar refractivity (Wildman–Crippen MR) is 99.3 cm³/mol. The van der Waals surface area contributed by atoms with E-state index < -0.39 is 0 Å². The minimum Gasteiger partial charge on any atom is -1.00 e. The molecule has 0 amide bonds. The number of hydrogen-bond donors (Lipinski definition) is 1. The number of unbranched alkanes of at least 4 members (excludes halogenated alkanes) is 9. The van der Waals surface area contributed by atoms with Gasteiger partial charge in [0, 0.05) is 6.42 Å². The molecule has 0 aromatic carbocycles. The van der Waals surface area contributed by atoms with Gasteiger partial charge >= 0.3 is 0 Å². The summed E-state index contributed by atoms with van der Waals surface area (Å²) in [6.07, 6.45) is 25.3. The third-order valence-corrected chi connectivity index (χ3v) is 5.04. The summed E-state index contributed by atoms with van der Waals surface area (Å²) >= 11 is 0. The molecule has 0 fully saturated rings. The first-order chi connectivity index (χ1) is 10.7. The third kappa shape index (κ3) is 10.2. The van der Waals surface area contributed by atoms with Crippen molar-refractivity contribution in [2.24, 2.45) is 11.3 Å². The molecule has 0 aliphatic heterocycles. The van der Waals surface area contributed by atoms with E-state index in [1.807, 2.05) is 0 Å². The highest BCUT2D eigenvalue weighted by atomic mass is 79.9. The van der Waals surface area contributed by atoms with Crippen molar-refractivity contribution >= 4 is 6.21 Å². The van der Waals surface area contributed by atoms with E-state index >= 15 is 0 Å². The summed E-state index contributed by atoms with van der Waals surface area (Å²) < 4.78 is 0. The summed E-state index contributed by atoms with van der Waals surface area (Å²) in [5, 5.41) is 0. The lowest BCUT2D eigenvalue weighted by atomic mass is 9.76. The molecule has 0 bridgehead atoms. The van der Waals surface area contributed by atoms with Gasteiger partial charge < -0.3 is 17.0 Å². The Labute approximate surface area is 155 Å². The van der Waals surface area contributed by atoms with Crippen LogP contribution in [0.4, 0.5) is 0 Å². The molecule has 0 aromatic heterocycles. The SMILES string of the molecule is CCCCCCCCCCCC[NH+]=CC1(C)C=CC=CC1C.[Br-]. The Morgan fingerprint density at radius 3 is 2.04 bits per heavy atom. The van der Waals surface area contributed by atoms with Crippen LogP contribution in [0.25, 0.3) is 0 Å². The Balaban J connectivity index is 0.00000484. The van der Waals surface area contributed by atoms with Crippen molar-refractivity contribution in [1.82, 2.24) is 0 Å². The average Bonchev–Trinajstić information content (AvgIpc) is 2.51. The quantitative estimate of drug-likeness (QED) is 0.390. The van der Waals surface area contributed by atoms with Gasteiger partial charge in [-0.3, -0.25) is 4.99 Å². The molecule has 1 N–H and O–H groups in total. The number of rotatable bonds is 12. The zero-order chi connectivity index (χ0) is 16.1. The maximum absolute atomic E-state index is 3.54. The smallest absolute Gasteiger partial charge is 0.148 e. The lowest BCUT2D eigenvalue weighted by Gasteiger charge is -2.25. The van der Waals surface area contributed by atoms with Gasteiger partial charge in [0.25, 0.3) is 0 Å². The van der Waals surface area contributed by atoms with Crippen LogP contribution in [0.5, 0.6) is 0 Å². The van der Waals surface area contributed by atoms with Crippen LogP contribution in [0.3, 0.4) is 0 Å². The largest absolute Gasteiger partial charge is 1.00 e. The Kier molecular flexibility index (Phi) is 13.8. The Morgan fingerprint density at radius 1 is 0.913 bits per heavy atom. The monoisotopic (exact) mass is 383 g/mol. The first-order valence-corrected chi connectivity index (χ1v) is 9.63. The van der Waals surface area contributed by atoms with Gasteiger partial charge in [-0.05, 0) is 19.3 Å². The van der Waals surface area contributed by atoms with E-state index in [4.69, 9.17) is 0 Å². The third-order valence-electron chi connectivity index (χ3n) is 5.04. The highest BCUT2D eigenvalue weighted by molar-refractivity contribution is 5.64. The van der Waals surface area contributed by atoms with E-state index in [0.717, 1.165) is 6.54 Å². The molecule has 2 unspecified atom stereocenters. The molecule has 0 radical (unpaired) electrons. The van der Waals surface area contributed by atoms with E-state index in [0.29, 0.717) is 5.92 Å². The highest BCUT2D eigenvalue weighted by Gasteiger charge is 2.28. The summed E-state index contributed by atoms with van der Waals surface area (Å²) in [7, 11) is 0. The van der Waals surface area contributed by atoms with Crippen molar-refractivity contribution in [2.75, 3.05) is 6.54 Å².